The summed E-state index contributed by atoms with van der Waals surface area (Å²) < 4.78 is 1.83. The van der Waals surface area contributed by atoms with Gasteiger partial charge in [0.15, 0.2) is 0 Å². The van der Waals surface area contributed by atoms with Crippen molar-refractivity contribution in [1.82, 2.24) is 4.57 Å². The highest BCUT2D eigenvalue weighted by Crippen LogP contribution is 2.17. The van der Waals surface area contributed by atoms with Crippen molar-refractivity contribution < 1.29 is 9.59 Å². The molecule has 0 fully saturated rings. The zero-order valence-corrected chi connectivity index (χ0v) is 11.3. The predicted molar refractivity (Wildman–Crippen MR) is 82.4 cm³/mol. The Balaban J connectivity index is 1.81. The molecule has 1 N–H and O–H groups in total. The molecule has 3 aromatic rings. The molecule has 0 aliphatic heterocycles. The van der Waals surface area contributed by atoms with Crippen molar-refractivity contribution in [2.45, 2.75) is 6.54 Å². The Bertz CT molecular complexity index is 791. The molecule has 0 radical (unpaired) electrons. The molecule has 4 nitrogen and oxygen atoms in total. The maximum atomic E-state index is 12.1. The van der Waals surface area contributed by atoms with Crippen LogP contribution in [0.5, 0.6) is 0 Å². The van der Waals surface area contributed by atoms with Crippen molar-refractivity contribution >= 4 is 28.8 Å². The lowest BCUT2D eigenvalue weighted by molar-refractivity contribution is -0.116. The summed E-state index contributed by atoms with van der Waals surface area (Å²) >= 11 is 0. The minimum Gasteiger partial charge on any atom is -0.338 e. The summed E-state index contributed by atoms with van der Waals surface area (Å²) in [5.74, 6) is -0.102. The first-order valence-corrected chi connectivity index (χ1v) is 6.65. The molecule has 1 amide bonds. The van der Waals surface area contributed by atoms with Crippen LogP contribution in [-0.4, -0.2) is 16.8 Å². The van der Waals surface area contributed by atoms with Crippen molar-refractivity contribution in [2.24, 2.45) is 0 Å². The quantitative estimate of drug-likeness (QED) is 0.746. The van der Waals surface area contributed by atoms with Crippen LogP contribution < -0.4 is 5.32 Å². The second-order valence-electron chi connectivity index (χ2n) is 4.79. The van der Waals surface area contributed by atoms with Gasteiger partial charge in [0.2, 0.25) is 5.91 Å². The third kappa shape index (κ3) is 2.84. The predicted octanol–water partition coefficient (Wildman–Crippen LogP) is 3.09. The van der Waals surface area contributed by atoms with Crippen LogP contribution in [-0.2, 0) is 11.3 Å². The Morgan fingerprint density at radius 3 is 2.67 bits per heavy atom. The topological polar surface area (TPSA) is 51.1 Å². The van der Waals surface area contributed by atoms with Gasteiger partial charge in [0.25, 0.3) is 0 Å². The van der Waals surface area contributed by atoms with Gasteiger partial charge in [0.05, 0.1) is 0 Å². The molecule has 104 valence electrons. The number of hydrogen-bond acceptors (Lipinski definition) is 2. The number of benzene rings is 2. The zero-order valence-electron chi connectivity index (χ0n) is 11.3. The fourth-order valence-corrected chi connectivity index (χ4v) is 2.29. The van der Waals surface area contributed by atoms with Crippen LogP contribution in [0, 0.1) is 0 Å². The smallest absolute Gasteiger partial charge is 0.244 e. The largest absolute Gasteiger partial charge is 0.338 e. The first-order chi connectivity index (χ1) is 10.3. The summed E-state index contributed by atoms with van der Waals surface area (Å²) in [6.07, 6.45) is 2.66. The molecule has 0 saturated carbocycles. The van der Waals surface area contributed by atoms with Gasteiger partial charge in [-0.15, -0.1) is 0 Å². The number of amides is 1. The van der Waals surface area contributed by atoms with E-state index in [0.29, 0.717) is 5.56 Å². The van der Waals surface area contributed by atoms with Crippen LogP contribution in [0.25, 0.3) is 10.9 Å². The lowest BCUT2D eigenvalue weighted by Gasteiger charge is -2.07. The van der Waals surface area contributed by atoms with E-state index in [-0.39, 0.29) is 12.5 Å². The number of carbonyl (C=O) groups is 2. The monoisotopic (exact) mass is 278 g/mol. The summed E-state index contributed by atoms with van der Waals surface area (Å²) in [5.41, 5.74) is 2.25. The lowest BCUT2D eigenvalue weighted by Crippen LogP contribution is -2.18. The SMILES string of the molecule is O=Cc1ccc2ccn(CC(=O)Nc3ccccc3)c2c1. The van der Waals surface area contributed by atoms with E-state index in [1.165, 1.54) is 0 Å². The second kappa shape index (κ2) is 5.63. The van der Waals surface area contributed by atoms with Crippen molar-refractivity contribution in [3.8, 4) is 0 Å². The summed E-state index contributed by atoms with van der Waals surface area (Å²) in [6.45, 7) is 0.209. The molecule has 0 bridgehead atoms. The van der Waals surface area contributed by atoms with Gasteiger partial charge in [-0.05, 0) is 29.7 Å². The van der Waals surface area contributed by atoms with Crippen LogP contribution in [0.4, 0.5) is 5.69 Å². The Morgan fingerprint density at radius 2 is 1.90 bits per heavy atom. The maximum Gasteiger partial charge on any atom is 0.244 e. The Morgan fingerprint density at radius 1 is 1.10 bits per heavy atom. The van der Waals surface area contributed by atoms with Gasteiger partial charge < -0.3 is 9.88 Å². The van der Waals surface area contributed by atoms with E-state index in [1.807, 2.05) is 53.2 Å². The Labute approximate surface area is 122 Å². The molecule has 0 spiro atoms. The highest BCUT2D eigenvalue weighted by Gasteiger charge is 2.07. The van der Waals surface area contributed by atoms with Crippen LogP contribution in [0.15, 0.2) is 60.8 Å². The van der Waals surface area contributed by atoms with E-state index in [2.05, 4.69) is 5.32 Å². The average molecular weight is 278 g/mol. The molecule has 2 aromatic carbocycles. The molecular weight excluding hydrogens is 264 g/mol. The zero-order chi connectivity index (χ0) is 14.7. The van der Waals surface area contributed by atoms with Crippen LogP contribution in [0.1, 0.15) is 10.4 Å². The molecule has 1 heterocycles. The number of nitrogens with one attached hydrogen (secondary N) is 1. The van der Waals surface area contributed by atoms with Crippen molar-refractivity contribution in [3.05, 3.63) is 66.4 Å². The van der Waals surface area contributed by atoms with Gasteiger partial charge in [0.1, 0.15) is 12.8 Å². The van der Waals surface area contributed by atoms with Crippen molar-refractivity contribution in [3.63, 3.8) is 0 Å². The van der Waals surface area contributed by atoms with Crippen molar-refractivity contribution in [2.75, 3.05) is 5.32 Å². The number of aromatic nitrogens is 1. The van der Waals surface area contributed by atoms with Crippen molar-refractivity contribution in [1.29, 1.82) is 0 Å². The number of anilines is 1. The minimum atomic E-state index is -0.102. The first-order valence-electron chi connectivity index (χ1n) is 6.65. The van der Waals surface area contributed by atoms with Gasteiger partial charge in [-0.3, -0.25) is 9.59 Å². The Kier molecular flexibility index (Phi) is 3.51. The summed E-state index contributed by atoms with van der Waals surface area (Å²) in [5, 5.41) is 3.85. The number of para-hydroxylation sites is 1. The second-order valence-corrected chi connectivity index (χ2v) is 4.79. The first kappa shape index (κ1) is 13.1. The lowest BCUT2D eigenvalue weighted by atomic mass is 10.2. The fourth-order valence-electron chi connectivity index (χ4n) is 2.29. The van der Waals surface area contributed by atoms with Crippen LogP contribution in [0.3, 0.4) is 0 Å². The molecule has 0 saturated heterocycles. The van der Waals surface area contributed by atoms with E-state index >= 15 is 0 Å². The van der Waals surface area contributed by atoms with Crippen LogP contribution in [0.2, 0.25) is 0 Å². The van der Waals surface area contributed by atoms with Gasteiger partial charge in [-0.25, -0.2) is 0 Å². The Hall–Kier alpha value is -2.88. The number of rotatable bonds is 4. The molecule has 21 heavy (non-hydrogen) atoms. The highest BCUT2D eigenvalue weighted by molar-refractivity contribution is 5.93. The number of nitrogens with zero attached hydrogens (tertiary/aromatic N) is 1. The maximum absolute atomic E-state index is 12.1. The van der Waals surface area contributed by atoms with E-state index in [9.17, 15) is 9.59 Å². The minimum absolute atomic E-state index is 0.102. The summed E-state index contributed by atoms with van der Waals surface area (Å²) in [6, 6.07) is 16.7. The standard InChI is InChI=1S/C17H14N2O2/c20-12-13-6-7-14-8-9-19(16(14)10-13)11-17(21)18-15-4-2-1-3-5-15/h1-10,12H,11H2,(H,18,21). The molecule has 0 aliphatic rings. The van der Waals surface area contributed by atoms with Gasteiger partial charge >= 0.3 is 0 Å². The molecule has 0 aliphatic carbocycles. The fraction of sp³-hybridized carbons (Fsp3) is 0.0588. The highest BCUT2D eigenvalue weighted by atomic mass is 16.2. The van der Waals surface area contributed by atoms with E-state index in [0.717, 1.165) is 22.9 Å². The third-order valence-electron chi connectivity index (χ3n) is 3.31. The summed E-state index contributed by atoms with van der Waals surface area (Å²) in [4.78, 5) is 22.9. The average Bonchev–Trinajstić information content (AvgIpc) is 2.90. The third-order valence-corrected chi connectivity index (χ3v) is 3.31. The number of carbonyl (C=O) groups excluding carboxylic acids is 2. The molecular formula is C17H14N2O2. The summed E-state index contributed by atoms with van der Waals surface area (Å²) in [7, 11) is 0. The molecule has 0 atom stereocenters. The molecule has 1 aromatic heterocycles. The van der Waals surface area contributed by atoms with Gasteiger partial charge in [0, 0.05) is 23.0 Å². The van der Waals surface area contributed by atoms with Gasteiger partial charge in [-0.1, -0.05) is 30.3 Å². The van der Waals surface area contributed by atoms with E-state index < -0.39 is 0 Å². The van der Waals surface area contributed by atoms with Gasteiger partial charge in [-0.2, -0.15) is 0 Å². The van der Waals surface area contributed by atoms with E-state index in [4.69, 9.17) is 0 Å². The normalized spacial score (nSPS) is 10.5. The van der Waals surface area contributed by atoms with E-state index in [1.54, 1.807) is 12.1 Å². The molecule has 4 heteroatoms. The number of aldehydes is 1. The number of fused-ring (bicyclic) bond motifs is 1. The molecule has 3 rings (SSSR count). The van der Waals surface area contributed by atoms with Crippen LogP contribution >= 0.6 is 0 Å². The number of hydrogen-bond donors (Lipinski definition) is 1. The molecule has 0 unspecified atom stereocenters.